The zero-order valence-corrected chi connectivity index (χ0v) is 24.6. The summed E-state index contributed by atoms with van der Waals surface area (Å²) >= 11 is 0. The molecule has 6 heterocycles. The Morgan fingerprint density at radius 2 is 1.79 bits per heavy atom. The molecule has 0 amide bonds. The number of hydrogen-bond donors (Lipinski definition) is 0. The number of fused-ring (bicyclic) bond motifs is 11. The van der Waals surface area contributed by atoms with E-state index in [0.717, 1.165) is 30.6 Å². The van der Waals surface area contributed by atoms with Gasteiger partial charge < -0.3 is 4.16 Å². The van der Waals surface area contributed by atoms with Crippen molar-refractivity contribution in [2.24, 2.45) is 0 Å². The first-order valence-corrected chi connectivity index (χ1v) is 16.3. The van der Waals surface area contributed by atoms with Gasteiger partial charge in [0.1, 0.15) is 12.1 Å². The van der Waals surface area contributed by atoms with E-state index < -0.39 is 7.69 Å². The van der Waals surface area contributed by atoms with E-state index in [2.05, 4.69) is 130 Å². The Bertz CT molecular complexity index is 2480. The molecule has 0 bridgehead atoms. The molecule has 1 aliphatic carbocycles. The highest BCUT2D eigenvalue weighted by Gasteiger charge is 2.43. The fourth-order valence-electron chi connectivity index (χ4n) is 8.28. The van der Waals surface area contributed by atoms with Crippen LogP contribution in [0.25, 0.3) is 65.7 Å². The first kappa shape index (κ1) is 23.1. The molecule has 1 aliphatic heterocycles. The Kier molecular flexibility index (Phi) is 4.31. The molecule has 5 heteroatoms. The summed E-state index contributed by atoms with van der Waals surface area (Å²) < 4.78 is 7.45. The summed E-state index contributed by atoms with van der Waals surface area (Å²) in [4.78, 5) is 5.21. The Labute approximate surface area is 244 Å². The molecule has 2 aliphatic rings. The molecule has 0 fully saturated rings. The summed E-state index contributed by atoms with van der Waals surface area (Å²) in [6, 6.07) is 31.7. The normalized spacial score (nSPS) is 18.3. The average Bonchev–Trinajstić information content (AvgIpc) is 3.71. The Morgan fingerprint density at radius 1 is 0.905 bits per heavy atom. The van der Waals surface area contributed by atoms with Crippen molar-refractivity contribution in [3.63, 3.8) is 0 Å². The van der Waals surface area contributed by atoms with Gasteiger partial charge in [-0.1, -0.05) is 43.3 Å². The first-order valence-electron chi connectivity index (χ1n) is 15.0. The second-order valence-electron chi connectivity index (χ2n) is 12.1. The van der Waals surface area contributed by atoms with Gasteiger partial charge in [-0.25, -0.2) is 0 Å². The molecule has 0 radical (unpaired) electrons. The van der Waals surface area contributed by atoms with Gasteiger partial charge >= 0.3 is 5.65 Å². The lowest BCUT2D eigenvalue weighted by molar-refractivity contribution is -0.682. The second kappa shape index (κ2) is 7.85. The summed E-state index contributed by atoms with van der Waals surface area (Å²) in [6.07, 6.45) is 9.36. The maximum Gasteiger partial charge on any atom is 0.339 e. The van der Waals surface area contributed by atoms with Gasteiger partial charge in [0.2, 0.25) is 11.2 Å². The van der Waals surface area contributed by atoms with Crippen LogP contribution in [0.15, 0.2) is 103 Å². The number of allylic oxidation sites excluding steroid dienone is 2. The third-order valence-corrected chi connectivity index (χ3v) is 12.7. The molecule has 5 aromatic heterocycles. The van der Waals surface area contributed by atoms with E-state index >= 15 is 0 Å². The van der Waals surface area contributed by atoms with Gasteiger partial charge in [0.15, 0.2) is 11.7 Å². The quantitative estimate of drug-likeness (QED) is 0.154. The highest BCUT2D eigenvalue weighted by atomic mass is 31.1. The minimum Gasteiger partial charge on any atom is -0.301 e. The van der Waals surface area contributed by atoms with E-state index in [1.54, 1.807) is 5.12 Å². The number of hydrogen-bond acceptors (Lipinski definition) is 1. The molecular weight excluding hydrogens is 531 g/mol. The molecule has 4 nitrogen and oxygen atoms in total. The highest BCUT2D eigenvalue weighted by Crippen LogP contribution is 2.64. The molecule has 0 saturated carbocycles. The van der Waals surface area contributed by atoms with Gasteiger partial charge in [0.05, 0.1) is 21.9 Å². The predicted molar refractivity (Wildman–Crippen MR) is 172 cm³/mol. The second-order valence-corrected chi connectivity index (χ2v) is 14.1. The predicted octanol–water partition coefficient (Wildman–Crippen LogP) is 8.37. The minimum atomic E-state index is -0.868. The number of imidazole rings is 1. The van der Waals surface area contributed by atoms with Crippen molar-refractivity contribution >= 4 is 56.9 Å². The van der Waals surface area contributed by atoms with Crippen LogP contribution in [-0.2, 0) is 12.0 Å². The van der Waals surface area contributed by atoms with Gasteiger partial charge in [0.25, 0.3) is 0 Å². The highest BCUT2D eigenvalue weighted by molar-refractivity contribution is 7.60. The molecule has 0 N–H and O–H groups in total. The maximum atomic E-state index is 5.21. The van der Waals surface area contributed by atoms with Crippen LogP contribution in [0.2, 0.25) is 0 Å². The van der Waals surface area contributed by atoms with Crippen molar-refractivity contribution in [2.45, 2.75) is 38.6 Å². The minimum absolute atomic E-state index is 0.0215. The third kappa shape index (κ3) is 2.59. The maximum absolute atomic E-state index is 5.21. The number of aromatic nitrogens is 4. The molecule has 1 unspecified atom stereocenters. The Hall–Kier alpha value is -4.53. The summed E-state index contributed by atoms with van der Waals surface area (Å²) in [6.45, 7) is 5.68. The van der Waals surface area contributed by atoms with Crippen molar-refractivity contribution in [3.8, 4) is 16.6 Å². The summed E-state index contributed by atoms with van der Waals surface area (Å²) in [7, 11) is -0.868. The van der Waals surface area contributed by atoms with E-state index in [0.29, 0.717) is 0 Å². The zero-order valence-electron chi connectivity index (χ0n) is 23.7. The molecule has 200 valence electrons. The fourth-order valence-corrected chi connectivity index (χ4v) is 11.4. The van der Waals surface area contributed by atoms with Gasteiger partial charge in [0, 0.05) is 34.2 Å². The van der Waals surface area contributed by atoms with Crippen molar-refractivity contribution < 1.29 is 8.97 Å². The van der Waals surface area contributed by atoms with E-state index in [1.165, 1.54) is 60.6 Å². The number of aryl methyl sites for hydroxylation is 1. The lowest BCUT2D eigenvalue weighted by atomic mass is 9.74. The van der Waals surface area contributed by atoms with Crippen LogP contribution < -0.4 is 8.97 Å². The van der Waals surface area contributed by atoms with E-state index in [4.69, 9.17) is 4.98 Å². The molecule has 2 atom stereocenters. The lowest BCUT2D eigenvalue weighted by Gasteiger charge is -2.29. The topological polar surface area (TPSA) is 25.3 Å². The molecule has 8 aromatic rings. The zero-order chi connectivity index (χ0) is 27.7. The molecule has 3 aromatic carbocycles. The molecule has 42 heavy (non-hydrogen) atoms. The fraction of sp³-hybridized carbons (Fsp3) is 0.162. The Morgan fingerprint density at radius 3 is 2.71 bits per heavy atom. The number of para-hydroxylation sites is 2. The largest absolute Gasteiger partial charge is 0.339 e. The van der Waals surface area contributed by atoms with Crippen LogP contribution in [0.5, 0.6) is 0 Å². The van der Waals surface area contributed by atoms with Gasteiger partial charge in [-0.3, -0.25) is 0 Å². The standard InChI is InChI=1S/C37H29N4P/c1-3-39-21-7-6-16-29(39)24-12-8-11-23-26-14-9-20-37(26,2)27-18-19-31-32-33-25(13-10-22-40(33)42(34(23)24)35(27)32)36-38-28-15-4-5-17-30(28)41(31)36/h4-8,10-19,21-22H,3,9,20H2,1-2H3/q+2/t37-,42?/m1/s1. The number of nitrogens with zero attached hydrogens (tertiary/aromatic N) is 4. The summed E-state index contributed by atoms with van der Waals surface area (Å²) in [5.74, 6) is 0. The first-order chi connectivity index (χ1) is 20.7. The summed E-state index contributed by atoms with van der Waals surface area (Å²) in [5.41, 5.74) is 13.0. The number of pyridine rings is 3. The lowest BCUT2D eigenvalue weighted by Crippen LogP contribution is -2.34. The Balaban J connectivity index is 1.50. The van der Waals surface area contributed by atoms with Crippen LogP contribution in [0.3, 0.4) is 0 Å². The van der Waals surface area contributed by atoms with E-state index in [-0.39, 0.29) is 5.41 Å². The number of rotatable bonds is 2. The number of benzene rings is 3. The average molecular weight is 561 g/mol. The van der Waals surface area contributed by atoms with Crippen molar-refractivity contribution in [2.75, 3.05) is 0 Å². The van der Waals surface area contributed by atoms with Crippen molar-refractivity contribution in [1.82, 2.24) is 9.15 Å². The SMILES string of the molecule is CC[n+]1ccccc1-c1cccc2c1-p1c3c(ccc4c3c3c(cccn31)c1nc3ccccc3[n+]41)[C@]1(C)CCC=C21. The molecule has 0 spiro atoms. The van der Waals surface area contributed by atoms with Crippen LogP contribution in [0.1, 0.15) is 37.8 Å². The van der Waals surface area contributed by atoms with Crippen LogP contribution in [-0.4, -0.2) is 9.15 Å². The van der Waals surface area contributed by atoms with Gasteiger partial charge in [-0.15, -0.1) is 0 Å². The van der Waals surface area contributed by atoms with Crippen molar-refractivity contribution in [3.05, 3.63) is 115 Å². The molecular formula is C37H29N4P+2. The van der Waals surface area contributed by atoms with E-state index in [9.17, 15) is 0 Å². The van der Waals surface area contributed by atoms with Crippen LogP contribution in [0.4, 0.5) is 0 Å². The van der Waals surface area contributed by atoms with Crippen LogP contribution in [0, 0.1) is 0 Å². The molecule has 0 saturated heterocycles. The van der Waals surface area contributed by atoms with Crippen LogP contribution >= 0.6 is 7.69 Å². The van der Waals surface area contributed by atoms with Crippen molar-refractivity contribution in [1.29, 1.82) is 0 Å². The molecule has 10 rings (SSSR count). The van der Waals surface area contributed by atoms with Gasteiger partial charge in [-0.05, 0) is 91.6 Å². The smallest absolute Gasteiger partial charge is 0.301 e. The van der Waals surface area contributed by atoms with E-state index in [1.807, 2.05) is 0 Å². The monoisotopic (exact) mass is 560 g/mol. The van der Waals surface area contributed by atoms with Gasteiger partial charge in [-0.2, -0.15) is 8.97 Å². The third-order valence-electron chi connectivity index (χ3n) is 10.1. The summed E-state index contributed by atoms with van der Waals surface area (Å²) in [5, 5.41) is 5.68.